The van der Waals surface area contributed by atoms with Crippen molar-refractivity contribution in [2.75, 3.05) is 13.1 Å². The molecule has 7 nitrogen and oxygen atoms in total. The first-order chi connectivity index (χ1) is 15.0. The molecule has 0 amide bonds. The molecule has 0 saturated carbocycles. The molecule has 0 radical (unpaired) electrons. The maximum absolute atomic E-state index is 12.9. The van der Waals surface area contributed by atoms with Gasteiger partial charge in [0.15, 0.2) is 0 Å². The standard InChI is InChI=1S/C23H28N4O3S/c1-2-26-22(24-27(23(26)28)17-19-9-5-3-6-10-19)21-13-15-25(16-14-21)31(29,30)18-20-11-7-4-8-12-20/h3-12,21H,2,13-18H2,1H3. The SMILES string of the molecule is CCn1c(C2CCN(S(=O)(=O)Cc3ccccc3)CC2)nn(Cc2ccccc2)c1=O. The molecule has 2 aromatic carbocycles. The van der Waals surface area contributed by atoms with Gasteiger partial charge in [0.1, 0.15) is 5.82 Å². The molecule has 4 rings (SSSR count). The third kappa shape index (κ3) is 4.80. The molecule has 0 atom stereocenters. The van der Waals surface area contributed by atoms with Gasteiger partial charge < -0.3 is 0 Å². The highest BCUT2D eigenvalue weighted by Gasteiger charge is 2.31. The molecule has 2 heterocycles. The Morgan fingerprint density at radius 2 is 1.52 bits per heavy atom. The monoisotopic (exact) mass is 440 g/mol. The van der Waals surface area contributed by atoms with Crippen molar-refractivity contribution >= 4 is 10.0 Å². The zero-order valence-electron chi connectivity index (χ0n) is 17.7. The second-order valence-corrected chi connectivity index (χ2v) is 9.91. The van der Waals surface area contributed by atoms with E-state index in [0.717, 1.165) is 17.0 Å². The highest BCUT2D eigenvalue weighted by Crippen LogP contribution is 2.28. The highest BCUT2D eigenvalue weighted by molar-refractivity contribution is 7.88. The summed E-state index contributed by atoms with van der Waals surface area (Å²) < 4.78 is 30.5. The van der Waals surface area contributed by atoms with E-state index in [2.05, 4.69) is 5.10 Å². The van der Waals surface area contributed by atoms with Gasteiger partial charge in [-0.2, -0.15) is 5.10 Å². The van der Waals surface area contributed by atoms with Crippen LogP contribution in [0.3, 0.4) is 0 Å². The van der Waals surface area contributed by atoms with Gasteiger partial charge in [-0.05, 0) is 30.9 Å². The maximum Gasteiger partial charge on any atom is 0.346 e. The zero-order chi connectivity index (χ0) is 21.8. The van der Waals surface area contributed by atoms with Gasteiger partial charge in [0.25, 0.3) is 0 Å². The molecule has 0 N–H and O–H groups in total. The van der Waals surface area contributed by atoms with Gasteiger partial charge in [-0.1, -0.05) is 60.7 Å². The number of hydrogen-bond donors (Lipinski definition) is 0. The molecule has 0 bridgehead atoms. The van der Waals surface area contributed by atoms with Gasteiger partial charge in [0.05, 0.1) is 12.3 Å². The van der Waals surface area contributed by atoms with Crippen LogP contribution in [-0.2, 0) is 28.9 Å². The summed E-state index contributed by atoms with van der Waals surface area (Å²) in [5.41, 5.74) is 1.71. The summed E-state index contributed by atoms with van der Waals surface area (Å²) >= 11 is 0. The van der Waals surface area contributed by atoms with Crippen LogP contribution in [-0.4, -0.2) is 40.2 Å². The third-order valence-corrected chi connectivity index (χ3v) is 7.70. The van der Waals surface area contributed by atoms with Gasteiger partial charge >= 0.3 is 5.69 Å². The Labute approximate surface area is 183 Å². The first-order valence-electron chi connectivity index (χ1n) is 10.7. The number of aromatic nitrogens is 3. The Hall–Kier alpha value is -2.71. The molecule has 164 valence electrons. The molecular weight excluding hydrogens is 412 g/mol. The lowest BCUT2D eigenvalue weighted by Gasteiger charge is -2.30. The Morgan fingerprint density at radius 3 is 2.10 bits per heavy atom. The Balaban J connectivity index is 1.47. The third-order valence-electron chi connectivity index (χ3n) is 5.85. The van der Waals surface area contributed by atoms with E-state index in [-0.39, 0.29) is 17.4 Å². The van der Waals surface area contributed by atoms with Crippen LogP contribution in [0.1, 0.15) is 42.6 Å². The topological polar surface area (TPSA) is 77.2 Å². The van der Waals surface area contributed by atoms with E-state index in [1.54, 1.807) is 8.87 Å². The van der Waals surface area contributed by atoms with Crippen molar-refractivity contribution in [1.29, 1.82) is 0 Å². The van der Waals surface area contributed by atoms with Gasteiger partial charge in [-0.25, -0.2) is 22.2 Å². The summed E-state index contributed by atoms with van der Waals surface area (Å²) in [6.07, 6.45) is 1.33. The van der Waals surface area contributed by atoms with Crippen LogP contribution in [0, 0.1) is 0 Å². The first kappa shape index (κ1) is 21.5. The van der Waals surface area contributed by atoms with Crippen molar-refractivity contribution in [3.63, 3.8) is 0 Å². The largest absolute Gasteiger partial charge is 0.346 e. The molecule has 1 fully saturated rings. The van der Waals surface area contributed by atoms with E-state index in [0.29, 0.717) is 39.0 Å². The van der Waals surface area contributed by atoms with E-state index in [1.165, 1.54) is 4.68 Å². The van der Waals surface area contributed by atoms with Crippen molar-refractivity contribution in [2.45, 2.75) is 44.5 Å². The predicted octanol–water partition coefficient (Wildman–Crippen LogP) is 2.82. The molecule has 3 aromatic rings. The lowest BCUT2D eigenvalue weighted by molar-refractivity contribution is 0.308. The number of sulfonamides is 1. The molecular formula is C23H28N4O3S. The lowest BCUT2D eigenvalue weighted by Crippen LogP contribution is -2.39. The van der Waals surface area contributed by atoms with E-state index >= 15 is 0 Å². The van der Waals surface area contributed by atoms with E-state index in [1.807, 2.05) is 67.6 Å². The van der Waals surface area contributed by atoms with Gasteiger partial charge in [-0.3, -0.25) is 4.57 Å². The minimum absolute atomic E-state index is 0.0177. The molecule has 1 aliphatic heterocycles. The minimum Gasteiger partial charge on any atom is -0.279 e. The number of benzene rings is 2. The average molecular weight is 441 g/mol. The fraction of sp³-hybridized carbons (Fsp3) is 0.391. The van der Waals surface area contributed by atoms with Crippen LogP contribution in [0.4, 0.5) is 0 Å². The Kier molecular flexibility index (Phi) is 6.38. The highest BCUT2D eigenvalue weighted by atomic mass is 32.2. The fourth-order valence-electron chi connectivity index (χ4n) is 4.18. The summed E-state index contributed by atoms with van der Waals surface area (Å²) in [6.45, 7) is 3.82. The second kappa shape index (κ2) is 9.20. The van der Waals surface area contributed by atoms with Crippen LogP contribution in [0.2, 0.25) is 0 Å². The van der Waals surface area contributed by atoms with Crippen molar-refractivity contribution < 1.29 is 8.42 Å². The van der Waals surface area contributed by atoms with Crippen LogP contribution in [0.25, 0.3) is 0 Å². The average Bonchev–Trinajstić information content (AvgIpc) is 3.10. The van der Waals surface area contributed by atoms with Gasteiger partial charge in [0, 0.05) is 25.6 Å². The van der Waals surface area contributed by atoms with Crippen LogP contribution in [0.5, 0.6) is 0 Å². The number of rotatable bonds is 7. The van der Waals surface area contributed by atoms with E-state index < -0.39 is 10.0 Å². The Bertz CT molecular complexity index is 1160. The van der Waals surface area contributed by atoms with Crippen molar-refractivity contribution in [2.24, 2.45) is 0 Å². The lowest BCUT2D eigenvalue weighted by atomic mass is 9.97. The molecule has 1 aromatic heterocycles. The molecule has 8 heteroatoms. The van der Waals surface area contributed by atoms with Gasteiger partial charge in [-0.15, -0.1) is 0 Å². The normalized spacial score (nSPS) is 15.9. The van der Waals surface area contributed by atoms with Crippen molar-refractivity contribution in [3.8, 4) is 0 Å². The van der Waals surface area contributed by atoms with Crippen LogP contribution in [0.15, 0.2) is 65.5 Å². The molecule has 31 heavy (non-hydrogen) atoms. The van der Waals surface area contributed by atoms with Crippen LogP contribution < -0.4 is 5.69 Å². The molecule has 0 aliphatic carbocycles. The van der Waals surface area contributed by atoms with E-state index in [4.69, 9.17) is 0 Å². The number of nitrogens with zero attached hydrogens (tertiary/aromatic N) is 4. The Morgan fingerprint density at radius 1 is 0.935 bits per heavy atom. The molecule has 0 spiro atoms. The summed E-state index contributed by atoms with van der Waals surface area (Å²) in [5, 5.41) is 4.65. The van der Waals surface area contributed by atoms with Crippen molar-refractivity contribution in [3.05, 3.63) is 88.1 Å². The molecule has 1 saturated heterocycles. The molecule has 1 aliphatic rings. The summed E-state index contributed by atoms with van der Waals surface area (Å²) in [5.74, 6) is 0.862. The number of hydrogen-bond acceptors (Lipinski definition) is 4. The maximum atomic E-state index is 12.9. The van der Waals surface area contributed by atoms with Gasteiger partial charge in [0.2, 0.25) is 10.0 Å². The predicted molar refractivity (Wildman–Crippen MR) is 120 cm³/mol. The summed E-state index contributed by atoms with van der Waals surface area (Å²) in [7, 11) is -3.36. The quantitative estimate of drug-likeness (QED) is 0.566. The summed E-state index contributed by atoms with van der Waals surface area (Å²) in [6, 6.07) is 19.1. The number of piperidine rings is 1. The summed E-state index contributed by atoms with van der Waals surface area (Å²) in [4.78, 5) is 12.9. The van der Waals surface area contributed by atoms with E-state index in [9.17, 15) is 13.2 Å². The molecule has 0 unspecified atom stereocenters. The second-order valence-electron chi connectivity index (χ2n) is 7.94. The smallest absolute Gasteiger partial charge is 0.279 e. The first-order valence-corrected chi connectivity index (χ1v) is 12.3. The van der Waals surface area contributed by atoms with Crippen LogP contribution >= 0.6 is 0 Å². The zero-order valence-corrected chi connectivity index (χ0v) is 18.5. The fourth-order valence-corrected chi connectivity index (χ4v) is 5.75. The minimum atomic E-state index is -3.36. The van der Waals surface area contributed by atoms with Crippen molar-refractivity contribution in [1.82, 2.24) is 18.7 Å².